The largest absolute Gasteiger partial charge is 0.352 e. The van der Waals surface area contributed by atoms with Gasteiger partial charge in [-0.15, -0.1) is 0 Å². The van der Waals surface area contributed by atoms with Crippen molar-refractivity contribution in [2.75, 3.05) is 37.6 Å². The number of nitrogens with one attached hydrogen (secondary N) is 3. The molecule has 9 heteroatoms. The molecule has 1 saturated heterocycles. The van der Waals surface area contributed by atoms with Gasteiger partial charge in [0.25, 0.3) is 5.91 Å². The first-order valence-corrected chi connectivity index (χ1v) is 9.12. The van der Waals surface area contributed by atoms with Gasteiger partial charge in [0.2, 0.25) is 12.4 Å². The van der Waals surface area contributed by atoms with Crippen molar-refractivity contribution in [2.24, 2.45) is 0 Å². The first kappa shape index (κ1) is 21.8. The molecule has 0 saturated carbocycles. The quantitative estimate of drug-likeness (QED) is 0.220. The van der Waals surface area contributed by atoms with Gasteiger partial charge in [-0.25, -0.2) is 15.4 Å². The SMILES string of the molecule is CCCCCCCNC(=O)c1cnc(N2CCNCC2)nc1.O=CNO. The monoisotopic (exact) mass is 366 g/mol. The Morgan fingerprint density at radius 1 is 1.23 bits per heavy atom. The number of rotatable bonds is 9. The Morgan fingerprint density at radius 3 is 2.42 bits per heavy atom. The Balaban J connectivity index is 0.000000765. The van der Waals surface area contributed by atoms with Crippen LogP contribution in [-0.2, 0) is 4.79 Å². The van der Waals surface area contributed by atoms with Crippen LogP contribution in [0.15, 0.2) is 12.4 Å². The second kappa shape index (κ2) is 14.0. The number of nitrogens with zero attached hydrogens (tertiary/aromatic N) is 3. The summed E-state index contributed by atoms with van der Waals surface area (Å²) in [6.45, 7) is 6.63. The fourth-order valence-electron chi connectivity index (χ4n) is 2.50. The van der Waals surface area contributed by atoms with E-state index in [1.54, 1.807) is 12.4 Å². The average Bonchev–Trinajstić information content (AvgIpc) is 2.71. The molecule has 1 aliphatic heterocycles. The third-order valence-corrected chi connectivity index (χ3v) is 3.92. The van der Waals surface area contributed by atoms with Crippen molar-refractivity contribution < 1.29 is 14.8 Å². The van der Waals surface area contributed by atoms with E-state index < -0.39 is 0 Å². The van der Waals surface area contributed by atoms with Crippen LogP contribution in [0.2, 0.25) is 0 Å². The van der Waals surface area contributed by atoms with E-state index in [0.717, 1.165) is 39.1 Å². The zero-order valence-corrected chi connectivity index (χ0v) is 15.4. The smallest absolute Gasteiger partial charge is 0.254 e. The highest BCUT2D eigenvalue weighted by atomic mass is 16.5. The third kappa shape index (κ3) is 8.72. The summed E-state index contributed by atoms with van der Waals surface area (Å²) in [4.78, 5) is 31.6. The standard InChI is InChI=1S/C16H27N5O.CH3NO2/c1-2-3-4-5-6-7-18-15(22)14-12-19-16(20-13-14)21-10-8-17-9-11-21;3-1-2-4/h12-13,17H,2-11H2,1H3,(H,18,22);1,4H,(H,2,3). The molecule has 0 unspecified atom stereocenters. The van der Waals surface area contributed by atoms with E-state index >= 15 is 0 Å². The molecular weight excluding hydrogens is 336 g/mol. The van der Waals surface area contributed by atoms with E-state index in [9.17, 15) is 4.79 Å². The normalized spacial score (nSPS) is 13.4. The van der Waals surface area contributed by atoms with Crippen molar-refractivity contribution in [3.63, 3.8) is 0 Å². The maximum absolute atomic E-state index is 12.0. The highest BCUT2D eigenvalue weighted by Crippen LogP contribution is 2.08. The summed E-state index contributed by atoms with van der Waals surface area (Å²) in [5.41, 5.74) is 1.78. The molecule has 0 bridgehead atoms. The van der Waals surface area contributed by atoms with Gasteiger partial charge in [-0.2, -0.15) is 0 Å². The summed E-state index contributed by atoms with van der Waals surface area (Å²) in [5, 5.41) is 13.5. The predicted octanol–water partition coefficient (Wildman–Crippen LogP) is 0.708. The Morgan fingerprint density at radius 2 is 1.85 bits per heavy atom. The van der Waals surface area contributed by atoms with Crippen LogP contribution in [0.4, 0.5) is 5.95 Å². The molecule has 4 N–H and O–H groups in total. The summed E-state index contributed by atoms with van der Waals surface area (Å²) < 4.78 is 0. The molecule has 2 rings (SSSR count). The molecule has 0 aromatic carbocycles. The van der Waals surface area contributed by atoms with Crippen molar-refractivity contribution in [1.82, 2.24) is 26.1 Å². The maximum atomic E-state index is 12.0. The minimum Gasteiger partial charge on any atom is -0.352 e. The van der Waals surface area contributed by atoms with Crippen LogP contribution in [0.25, 0.3) is 0 Å². The molecule has 0 radical (unpaired) electrons. The number of carbonyl (C=O) groups is 2. The van der Waals surface area contributed by atoms with Gasteiger partial charge in [0.1, 0.15) is 0 Å². The van der Waals surface area contributed by atoms with Gasteiger partial charge in [-0.1, -0.05) is 32.6 Å². The molecule has 2 heterocycles. The van der Waals surface area contributed by atoms with Crippen LogP contribution in [0.3, 0.4) is 0 Å². The Labute approximate surface area is 154 Å². The lowest BCUT2D eigenvalue weighted by atomic mass is 10.1. The first-order valence-electron chi connectivity index (χ1n) is 9.12. The van der Waals surface area contributed by atoms with Crippen LogP contribution in [0, 0.1) is 0 Å². The summed E-state index contributed by atoms with van der Waals surface area (Å²) >= 11 is 0. The van der Waals surface area contributed by atoms with E-state index in [1.807, 2.05) is 0 Å². The van der Waals surface area contributed by atoms with Crippen molar-refractivity contribution in [3.05, 3.63) is 18.0 Å². The summed E-state index contributed by atoms with van der Waals surface area (Å²) in [6.07, 6.45) is 9.39. The number of carbonyl (C=O) groups excluding carboxylic acids is 2. The number of unbranched alkanes of at least 4 members (excludes halogenated alkanes) is 4. The van der Waals surface area contributed by atoms with Crippen LogP contribution in [-0.4, -0.2) is 60.2 Å². The molecule has 0 spiro atoms. The number of amides is 2. The first-order chi connectivity index (χ1) is 12.7. The van der Waals surface area contributed by atoms with Gasteiger partial charge < -0.3 is 15.5 Å². The molecule has 1 aromatic heterocycles. The van der Waals surface area contributed by atoms with Gasteiger partial charge in [-0.05, 0) is 6.42 Å². The molecule has 1 fully saturated rings. The van der Waals surface area contributed by atoms with E-state index in [2.05, 4.69) is 32.4 Å². The third-order valence-electron chi connectivity index (χ3n) is 3.92. The minimum absolute atomic E-state index is 0.0812. The van der Waals surface area contributed by atoms with Crippen molar-refractivity contribution >= 4 is 18.3 Å². The molecule has 1 aromatic rings. The lowest BCUT2D eigenvalue weighted by molar-refractivity contribution is -0.116. The minimum atomic E-state index is -0.0812. The van der Waals surface area contributed by atoms with Gasteiger partial charge in [0.05, 0.1) is 5.56 Å². The topological polar surface area (TPSA) is 119 Å². The summed E-state index contributed by atoms with van der Waals surface area (Å²) in [7, 11) is 0. The van der Waals surface area contributed by atoms with E-state index in [4.69, 9.17) is 10.0 Å². The van der Waals surface area contributed by atoms with Crippen LogP contribution >= 0.6 is 0 Å². The van der Waals surface area contributed by atoms with Crippen molar-refractivity contribution in [2.45, 2.75) is 39.0 Å². The van der Waals surface area contributed by atoms with Gasteiger partial charge >= 0.3 is 0 Å². The Bertz CT molecular complexity index is 506. The van der Waals surface area contributed by atoms with Gasteiger partial charge in [-0.3, -0.25) is 14.8 Å². The molecule has 146 valence electrons. The second-order valence-electron chi connectivity index (χ2n) is 5.93. The Kier molecular flexibility index (Phi) is 11.7. The number of hydrogen-bond donors (Lipinski definition) is 4. The van der Waals surface area contributed by atoms with Crippen LogP contribution in [0.1, 0.15) is 49.4 Å². The molecule has 2 amide bonds. The van der Waals surface area contributed by atoms with Gasteiger partial charge in [0.15, 0.2) is 0 Å². The zero-order chi connectivity index (χ0) is 19.0. The number of hydrogen-bond acceptors (Lipinski definition) is 7. The molecular formula is C17H30N6O3. The van der Waals surface area contributed by atoms with E-state index in [-0.39, 0.29) is 12.3 Å². The fraction of sp³-hybridized carbons (Fsp3) is 0.647. The predicted molar refractivity (Wildman–Crippen MR) is 99.2 cm³/mol. The zero-order valence-electron chi connectivity index (χ0n) is 15.4. The fourth-order valence-corrected chi connectivity index (χ4v) is 2.50. The van der Waals surface area contributed by atoms with Crippen LogP contribution in [0.5, 0.6) is 0 Å². The summed E-state index contributed by atoms with van der Waals surface area (Å²) in [6, 6.07) is 0. The summed E-state index contributed by atoms with van der Waals surface area (Å²) in [5.74, 6) is 0.625. The number of piperazine rings is 1. The molecule has 26 heavy (non-hydrogen) atoms. The molecule has 0 atom stereocenters. The van der Waals surface area contributed by atoms with E-state index in [1.165, 1.54) is 31.2 Å². The lowest BCUT2D eigenvalue weighted by Gasteiger charge is -2.27. The highest BCUT2D eigenvalue weighted by Gasteiger charge is 2.13. The van der Waals surface area contributed by atoms with Gasteiger partial charge in [0, 0.05) is 45.1 Å². The van der Waals surface area contributed by atoms with Crippen molar-refractivity contribution in [3.8, 4) is 0 Å². The molecule has 9 nitrogen and oxygen atoms in total. The number of aromatic nitrogens is 2. The average molecular weight is 366 g/mol. The maximum Gasteiger partial charge on any atom is 0.254 e. The second-order valence-corrected chi connectivity index (χ2v) is 5.93. The number of anilines is 1. The lowest BCUT2D eigenvalue weighted by Crippen LogP contribution is -2.44. The van der Waals surface area contributed by atoms with Crippen molar-refractivity contribution in [1.29, 1.82) is 0 Å². The van der Waals surface area contributed by atoms with Crippen LogP contribution < -0.4 is 21.0 Å². The Hall–Kier alpha value is -2.26. The molecule has 1 aliphatic rings. The highest BCUT2D eigenvalue weighted by molar-refractivity contribution is 5.93. The number of hydroxylamine groups is 1. The molecule has 0 aliphatic carbocycles. The van der Waals surface area contributed by atoms with E-state index in [0.29, 0.717) is 11.5 Å².